The molecule has 0 aromatic heterocycles. The molecule has 19 heavy (non-hydrogen) atoms. The molecule has 2 N–H and O–H groups in total. The summed E-state index contributed by atoms with van der Waals surface area (Å²) >= 11 is 0. The van der Waals surface area contributed by atoms with Crippen molar-refractivity contribution in [3.63, 3.8) is 0 Å². The molecular weight excluding hydrogens is 240 g/mol. The maximum atomic E-state index is 9.21. The first-order valence-corrected chi connectivity index (χ1v) is 7.90. The first-order chi connectivity index (χ1) is 9.28. The zero-order chi connectivity index (χ0) is 13.6. The Kier molecular flexibility index (Phi) is 6.07. The number of hydrogen-bond donors (Lipinski definition) is 2. The third kappa shape index (κ3) is 4.42. The van der Waals surface area contributed by atoms with E-state index in [1.807, 2.05) is 0 Å². The molecule has 2 aliphatic heterocycles. The predicted octanol–water partition coefficient (Wildman–Crippen LogP) is 1.10. The summed E-state index contributed by atoms with van der Waals surface area (Å²) in [6, 6.07) is 0. The van der Waals surface area contributed by atoms with E-state index in [9.17, 15) is 5.11 Å². The van der Waals surface area contributed by atoms with Gasteiger partial charge in [-0.05, 0) is 51.2 Å². The van der Waals surface area contributed by atoms with E-state index >= 15 is 0 Å². The van der Waals surface area contributed by atoms with Gasteiger partial charge >= 0.3 is 0 Å². The highest BCUT2D eigenvalue weighted by atomic mass is 16.5. The van der Waals surface area contributed by atoms with Crippen molar-refractivity contribution in [2.75, 3.05) is 52.5 Å². The molecule has 0 amide bonds. The number of nitrogens with zero attached hydrogens (tertiary/aromatic N) is 1. The van der Waals surface area contributed by atoms with Crippen molar-refractivity contribution in [1.82, 2.24) is 10.2 Å². The second kappa shape index (κ2) is 7.58. The van der Waals surface area contributed by atoms with Crippen molar-refractivity contribution in [3.8, 4) is 0 Å². The molecule has 4 heteroatoms. The Morgan fingerprint density at radius 2 is 2.16 bits per heavy atom. The monoisotopic (exact) mass is 270 g/mol. The average molecular weight is 270 g/mol. The molecule has 2 saturated heterocycles. The van der Waals surface area contributed by atoms with E-state index < -0.39 is 0 Å². The minimum Gasteiger partial charge on any atom is -0.396 e. The Morgan fingerprint density at radius 3 is 2.74 bits per heavy atom. The van der Waals surface area contributed by atoms with Gasteiger partial charge in [-0.3, -0.25) is 0 Å². The molecule has 0 spiro atoms. The van der Waals surface area contributed by atoms with Gasteiger partial charge in [-0.2, -0.15) is 0 Å². The molecule has 1 unspecified atom stereocenters. The standard InChI is InChI=1S/C15H30N2O2/c1-2-6-16-11-15(5-9-19-13-15)12-17-7-3-14(10-18)4-8-17/h14,16,18H,2-13H2,1H3. The fourth-order valence-corrected chi connectivity index (χ4v) is 3.30. The summed E-state index contributed by atoms with van der Waals surface area (Å²) in [5.41, 5.74) is 0.321. The average Bonchev–Trinajstić information content (AvgIpc) is 2.89. The van der Waals surface area contributed by atoms with Crippen LogP contribution in [-0.2, 0) is 4.74 Å². The van der Waals surface area contributed by atoms with E-state index in [1.54, 1.807) is 0 Å². The quantitative estimate of drug-likeness (QED) is 0.680. The summed E-state index contributed by atoms with van der Waals surface area (Å²) in [6.07, 6.45) is 4.67. The highest BCUT2D eigenvalue weighted by molar-refractivity contribution is 4.89. The maximum Gasteiger partial charge on any atom is 0.0547 e. The van der Waals surface area contributed by atoms with E-state index in [0.29, 0.717) is 17.9 Å². The maximum absolute atomic E-state index is 9.21. The van der Waals surface area contributed by atoms with Crippen LogP contribution in [0.4, 0.5) is 0 Å². The van der Waals surface area contributed by atoms with Crippen LogP contribution in [0.1, 0.15) is 32.6 Å². The van der Waals surface area contributed by atoms with Gasteiger partial charge in [0.2, 0.25) is 0 Å². The summed E-state index contributed by atoms with van der Waals surface area (Å²) in [4.78, 5) is 2.58. The molecule has 2 fully saturated rings. The van der Waals surface area contributed by atoms with E-state index in [4.69, 9.17) is 4.74 Å². The summed E-state index contributed by atoms with van der Waals surface area (Å²) < 4.78 is 5.67. The van der Waals surface area contributed by atoms with Gasteiger partial charge in [0.25, 0.3) is 0 Å². The van der Waals surface area contributed by atoms with E-state index in [2.05, 4.69) is 17.1 Å². The Morgan fingerprint density at radius 1 is 1.37 bits per heavy atom. The lowest BCUT2D eigenvalue weighted by molar-refractivity contribution is 0.0749. The molecule has 0 aromatic carbocycles. The van der Waals surface area contributed by atoms with Gasteiger partial charge in [0.05, 0.1) is 6.61 Å². The van der Waals surface area contributed by atoms with Gasteiger partial charge in [0, 0.05) is 31.7 Å². The molecule has 0 aliphatic carbocycles. The Balaban J connectivity index is 1.80. The number of likely N-dealkylation sites (tertiary alicyclic amines) is 1. The lowest BCUT2D eigenvalue weighted by Crippen LogP contribution is -2.47. The van der Waals surface area contributed by atoms with Crippen LogP contribution in [0.15, 0.2) is 0 Å². The van der Waals surface area contributed by atoms with Crippen molar-refractivity contribution in [2.45, 2.75) is 32.6 Å². The first kappa shape index (κ1) is 15.2. The van der Waals surface area contributed by atoms with Crippen LogP contribution in [0, 0.1) is 11.3 Å². The van der Waals surface area contributed by atoms with Crippen LogP contribution in [0.3, 0.4) is 0 Å². The van der Waals surface area contributed by atoms with Crippen molar-refractivity contribution in [3.05, 3.63) is 0 Å². The zero-order valence-electron chi connectivity index (χ0n) is 12.4. The number of aliphatic hydroxyl groups excluding tert-OH is 1. The molecule has 0 bridgehead atoms. The summed E-state index contributed by atoms with van der Waals surface area (Å²) in [5.74, 6) is 0.533. The predicted molar refractivity (Wildman–Crippen MR) is 77.3 cm³/mol. The minimum absolute atomic E-state index is 0.321. The highest BCUT2D eigenvalue weighted by Gasteiger charge is 2.37. The van der Waals surface area contributed by atoms with Crippen LogP contribution in [0.5, 0.6) is 0 Å². The molecule has 0 aromatic rings. The van der Waals surface area contributed by atoms with Crippen molar-refractivity contribution >= 4 is 0 Å². The number of piperidine rings is 1. The number of hydrogen-bond acceptors (Lipinski definition) is 4. The normalized spacial score (nSPS) is 30.0. The highest BCUT2D eigenvalue weighted by Crippen LogP contribution is 2.30. The smallest absolute Gasteiger partial charge is 0.0547 e. The fraction of sp³-hybridized carbons (Fsp3) is 1.00. The molecular formula is C15H30N2O2. The zero-order valence-corrected chi connectivity index (χ0v) is 12.4. The molecule has 2 heterocycles. The fourth-order valence-electron chi connectivity index (χ4n) is 3.30. The largest absolute Gasteiger partial charge is 0.396 e. The van der Waals surface area contributed by atoms with Crippen LogP contribution >= 0.6 is 0 Å². The third-order valence-corrected chi connectivity index (χ3v) is 4.64. The summed E-state index contributed by atoms with van der Waals surface area (Å²) in [7, 11) is 0. The summed E-state index contributed by atoms with van der Waals surface area (Å²) in [6.45, 7) is 10.0. The van der Waals surface area contributed by atoms with Crippen molar-refractivity contribution in [1.29, 1.82) is 0 Å². The van der Waals surface area contributed by atoms with Crippen LogP contribution < -0.4 is 5.32 Å². The third-order valence-electron chi connectivity index (χ3n) is 4.64. The van der Waals surface area contributed by atoms with Crippen molar-refractivity contribution < 1.29 is 9.84 Å². The Bertz CT molecular complexity index is 247. The van der Waals surface area contributed by atoms with Gasteiger partial charge < -0.3 is 20.1 Å². The van der Waals surface area contributed by atoms with Gasteiger partial charge in [-0.25, -0.2) is 0 Å². The Hall–Kier alpha value is -0.160. The van der Waals surface area contributed by atoms with Crippen LogP contribution in [-0.4, -0.2) is 62.6 Å². The molecule has 0 saturated carbocycles. The lowest BCUT2D eigenvalue weighted by Gasteiger charge is -2.38. The van der Waals surface area contributed by atoms with Gasteiger partial charge in [-0.15, -0.1) is 0 Å². The van der Waals surface area contributed by atoms with E-state index in [1.165, 1.54) is 12.8 Å². The van der Waals surface area contributed by atoms with Crippen molar-refractivity contribution in [2.24, 2.45) is 11.3 Å². The number of aliphatic hydroxyl groups is 1. The number of ether oxygens (including phenoxy) is 1. The number of nitrogens with one attached hydrogen (secondary N) is 1. The second-order valence-electron chi connectivity index (χ2n) is 6.38. The number of rotatable bonds is 7. The van der Waals surface area contributed by atoms with Gasteiger partial charge in [-0.1, -0.05) is 6.92 Å². The van der Waals surface area contributed by atoms with Gasteiger partial charge in [0.15, 0.2) is 0 Å². The first-order valence-electron chi connectivity index (χ1n) is 7.90. The van der Waals surface area contributed by atoms with Gasteiger partial charge in [0.1, 0.15) is 0 Å². The SMILES string of the molecule is CCCNCC1(CN2CCC(CO)CC2)CCOC1. The van der Waals surface area contributed by atoms with E-state index in [-0.39, 0.29) is 0 Å². The second-order valence-corrected chi connectivity index (χ2v) is 6.38. The molecule has 2 rings (SSSR count). The molecule has 2 aliphatic rings. The van der Waals surface area contributed by atoms with Crippen LogP contribution in [0.2, 0.25) is 0 Å². The Labute approximate surface area is 117 Å². The molecule has 4 nitrogen and oxygen atoms in total. The topological polar surface area (TPSA) is 44.7 Å². The summed E-state index contributed by atoms with van der Waals surface area (Å²) in [5, 5.41) is 12.8. The molecule has 0 radical (unpaired) electrons. The lowest BCUT2D eigenvalue weighted by atomic mass is 9.85. The van der Waals surface area contributed by atoms with E-state index in [0.717, 1.165) is 58.8 Å². The van der Waals surface area contributed by atoms with Crippen LogP contribution in [0.25, 0.3) is 0 Å². The molecule has 112 valence electrons. The molecule has 1 atom stereocenters. The minimum atomic E-state index is 0.321.